The van der Waals surface area contributed by atoms with E-state index in [1.165, 1.54) is 24.3 Å². The van der Waals surface area contributed by atoms with E-state index in [0.717, 1.165) is 32.2 Å². The Morgan fingerprint density at radius 1 is 1.11 bits per heavy atom. The molecule has 6 heterocycles. The molecule has 0 radical (unpaired) electrons. The minimum atomic E-state index is -0.932. The summed E-state index contributed by atoms with van der Waals surface area (Å²) in [6, 6.07) is 9.94. The molecule has 2 aromatic heterocycles. The number of aryl methyl sites for hydroxylation is 1. The first-order chi connectivity index (χ1) is 22.3. The van der Waals surface area contributed by atoms with Crippen molar-refractivity contribution in [1.29, 1.82) is 5.26 Å². The monoisotopic (exact) mass is 628 g/mol. The number of phenolic OH excluding ortho intramolecular Hbond substituents is 1. The summed E-state index contributed by atoms with van der Waals surface area (Å²) in [5, 5.41) is 26.1. The number of halogens is 3. The summed E-state index contributed by atoms with van der Waals surface area (Å²) < 4.78 is 52.3. The number of nitriles is 1. The van der Waals surface area contributed by atoms with Crippen LogP contribution >= 0.6 is 0 Å². The Morgan fingerprint density at radius 2 is 1.91 bits per heavy atom. The molecule has 4 atom stereocenters. The summed E-state index contributed by atoms with van der Waals surface area (Å²) in [5.74, 6) is -1.11. The standard InChI is InChI=1S/C35H35F3N6O2/c1-2-24-28(37)7-4-19-10-23(45)11-25(30(19)24)31-29(38)12-26-32(43-16-21-5-6-22(17-43)40-21)27(14-39)34(42-33(26)41-31)46-18-35-8-3-9-44(35)15-20(36)13-35/h4,7,10-12,20-22,40,45H,2-3,5-6,8-9,13,15-18H2,1H3/t20-,21?,22?,35+/m1/s1. The number of piperazine rings is 1. The SMILES string of the molecule is CCc1c(F)ccc2cc(O)cc(-c3nc4nc(OC[C@@]56CCCN5C[C@H](F)C6)c(C#N)c(N5CC6CCC(C5)N6)c4cc3F)c12. The second kappa shape index (κ2) is 11.0. The number of ether oxygens (including phenoxy) is 1. The summed E-state index contributed by atoms with van der Waals surface area (Å²) in [6.07, 6.45) is 3.55. The van der Waals surface area contributed by atoms with Gasteiger partial charge in [0.15, 0.2) is 5.65 Å². The van der Waals surface area contributed by atoms with Crippen LogP contribution in [0.1, 0.15) is 50.2 Å². The molecular weight excluding hydrogens is 593 g/mol. The molecule has 11 heteroatoms. The molecule has 2 bridgehead atoms. The lowest BCUT2D eigenvalue weighted by molar-refractivity contribution is 0.110. The summed E-state index contributed by atoms with van der Waals surface area (Å²) in [7, 11) is 0. The van der Waals surface area contributed by atoms with E-state index in [-0.39, 0.29) is 52.8 Å². The molecule has 2 aromatic carbocycles. The number of rotatable bonds is 6. The summed E-state index contributed by atoms with van der Waals surface area (Å²) in [4.78, 5) is 13.7. The molecule has 4 fully saturated rings. The predicted molar refractivity (Wildman–Crippen MR) is 169 cm³/mol. The largest absolute Gasteiger partial charge is 0.508 e. The van der Waals surface area contributed by atoms with Crippen LogP contribution in [0.15, 0.2) is 30.3 Å². The van der Waals surface area contributed by atoms with Crippen LogP contribution in [-0.2, 0) is 6.42 Å². The van der Waals surface area contributed by atoms with Crippen LogP contribution in [-0.4, -0.2) is 76.6 Å². The van der Waals surface area contributed by atoms with Gasteiger partial charge in [-0.25, -0.2) is 18.2 Å². The lowest BCUT2D eigenvalue weighted by Gasteiger charge is -2.36. The van der Waals surface area contributed by atoms with Gasteiger partial charge in [0.05, 0.1) is 11.2 Å². The smallest absolute Gasteiger partial charge is 0.236 e. The van der Waals surface area contributed by atoms with Gasteiger partial charge in [-0.3, -0.25) is 4.90 Å². The van der Waals surface area contributed by atoms with E-state index in [9.17, 15) is 19.1 Å². The van der Waals surface area contributed by atoms with Gasteiger partial charge in [0.1, 0.15) is 47.5 Å². The first-order valence-corrected chi connectivity index (χ1v) is 16.2. The van der Waals surface area contributed by atoms with Crippen molar-refractivity contribution in [3.63, 3.8) is 0 Å². The van der Waals surface area contributed by atoms with Gasteiger partial charge in [0.2, 0.25) is 5.88 Å². The van der Waals surface area contributed by atoms with E-state index in [2.05, 4.69) is 21.2 Å². The van der Waals surface area contributed by atoms with Gasteiger partial charge in [0, 0.05) is 49.1 Å². The van der Waals surface area contributed by atoms with Crippen molar-refractivity contribution >= 4 is 27.5 Å². The molecule has 2 N–H and O–H groups in total. The molecule has 4 aliphatic rings. The number of nitrogens with zero attached hydrogens (tertiary/aromatic N) is 5. The fourth-order valence-electron chi connectivity index (χ4n) is 8.51. The Hall–Kier alpha value is -4.14. The van der Waals surface area contributed by atoms with Crippen LogP contribution in [0.4, 0.5) is 18.9 Å². The molecule has 0 saturated carbocycles. The van der Waals surface area contributed by atoms with Crippen LogP contribution in [0.3, 0.4) is 0 Å². The average molecular weight is 629 g/mol. The zero-order valence-electron chi connectivity index (χ0n) is 25.6. The number of aromatic nitrogens is 2. The lowest BCUT2D eigenvalue weighted by Crippen LogP contribution is -2.51. The topological polar surface area (TPSA) is 97.5 Å². The highest BCUT2D eigenvalue weighted by molar-refractivity contribution is 6.02. The first kappa shape index (κ1) is 29.3. The van der Waals surface area contributed by atoms with Gasteiger partial charge in [-0.05, 0) is 79.3 Å². The minimum Gasteiger partial charge on any atom is -0.508 e. The maximum absolute atomic E-state index is 16.3. The minimum absolute atomic E-state index is 0.0835. The van der Waals surface area contributed by atoms with E-state index in [0.29, 0.717) is 59.9 Å². The Labute approximate surface area is 264 Å². The molecule has 4 aliphatic heterocycles. The fourth-order valence-corrected chi connectivity index (χ4v) is 8.51. The lowest BCUT2D eigenvalue weighted by atomic mass is 9.94. The molecule has 0 aliphatic carbocycles. The number of alkyl halides is 1. The fraction of sp³-hybridized carbons (Fsp3) is 0.457. The molecular formula is C35H35F3N6O2. The van der Waals surface area contributed by atoms with Crippen molar-refractivity contribution in [2.45, 2.75) is 69.2 Å². The second-order valence-corrected chi connectivity index (χ2v) is 13.3. The zero-order chi connectivity index (χ0) is 31.7. The predicted octanol–water partition coefficient (Wildman–Crippen LogP) is 5.76. The Bertz CT molecular complexity index is 1920. The number of hydrogen-bond acceptors (Lipinski definition) is 8. The van der Waals surface area contributed by atoms with Crippen molar-refractivity contribution in [3.8, 4) is 29.0 Å². The quantitative estimate of drug-likeness (QED) is 0.278. The molecule has 238 valence electrons. The normalized spacial score (nSPS) is 25.8. The molecule has 8 nitrogen and oxygen atoms in total. The van der Waals surface area contributed by atoms with Gasteiger partial charge in [-0.2, -0.15) is 10.2 Å². The van der Waals surface area contributed by atoms with Crippen LogP contribution < -0.4 is 15.0 Å². The molecule has 4 saturated heterocycles. The Balaban J connectivity index is 1.32. The number of fused-ring (bicyclic) bond motifs is 5. The van der Waals surface area contributed by atoms with Gasteiger partial charge in [-0.1, -0.05) is 13.0 Å². The maximum Gasteiger partial charge on any atom is 0.236 e. The molecule has 46 heavy (non-hydrogen) atoms. The Morgan fingerprint density at radius 3 is 2.67 bits per heavy atom. The number of aromatic hydroxyl groups is 1. The third kappa shape index (κ3) is 4.64. The van der Waals surface area contributed by atoms with Crippen LogP contribution in [0, 0.1) is 23.0 Å². The molecule has 0 spiro atoms. The number of phenols is 1. The van der Waals surface area contributed by atoms with Crippen molar-refractivity contribution in [2.75, 3.05) is 37.7 Å². The number of pyridine rings is 2. The van der Waals surface area contributed by atoms with E-state index in [4.69, 9.17) is 14.7 Å². The number of benzene rings is 2. The van der Waals surface area contributed by atoms with Gasteiger partial charge < -0.3 is 20.1 Å². The zero-order valence-corrected chi connectivity index (χ0v) is 25.6. The van der Waals surface area contributed by atoms with E-state index in [1.807, 2.05) is 6.92 Å². The number of hydrogen-bond donors (Lipinski definition) is 2. The third-order valence-electron chi connectivity index (χ3n) is 10.5. The van der Waals surface area contributed by atoms with E-state index in [1.54, 1.807) is 6.07 Å². The second-order valence-electron chi connectivity index (χ2n) is 13.3. The number of anilines is 1. The molecule has 2 unspecified atom stereocenters. The van der Waals surface area contributed by atoms with Crippen molar-refractivity contribution in [3.05, 3.63) is 53.1 Å². The van der Waals surface area contributed by atoms with Crippen molar-refractivity contribution in [2.24, 2.45) is 0 Å². The van der Waals surface area contributed by atoms with Gasteiger partial charge in [0.25, 0.3) is 0 Å². The van der Waals surface area contributed by atoms with Crippen LogP contribution in [0.2, 0.25) is 0 Å². The molecule has 0 amide bonds. The highest BCUT2D eigenvalue weighted by atomic mass is 19.1. The number of nitrogens with one attached hydrogen (secondary N) is 1. The third-order valence-corrected chi connectivity index (χ3v) is 10.5. The molecule has 8 rings (SSSR count). The first-order valence-electron chi connectivity index (χ1n) is 16.2. The van der Waals surface area contributed by atoms with E-state index >= 15 is 4.39 Å². The summed E-state index contributed by atoms with van der Waals surface area (Å²) >= 11 is 0. The van der Waals surface area contributed by atoms with Gasteiger partial charge in [-0.15, -0.1) is 0 Å². The summed E-state index contributed by atoms with van der Waals surface area (Å²) in [6.45, 7) is 4.43. The maximum atomic E-state index is 16.3. The Kier molecular flexibility index (Phi) is 6.99. The van der Waals surface area contributed by atoms with Gasteiger partial charge >= 0.3 is 0 Å². The average Bonchev–Trinajstić information content (AvgIpc) is 3.68. The molecule has 4 aromatic rings. The van der Waals surface area contributed by atoms with Crippen LogP contribution in [0.5, 0.6) is 11.6 Å². The van der Waals surface area contributed by atoms with Crippen LogP contribution in [0.25, 0.3) is 33.1 Å². The van der Waals surface area contributed by atoms with Crippen molar-refractivity contribution in [1.82, 2.24) is 20.2 Å². The highest BCUT2D eigenvalue weighted by Gasteiger charge is 2.49. The van der Waals surface area contributed by atoms with Crippen molar-refractivity contribution < 1.29 is 23.0 Å². The van der Waals surface area contributed by atoms with E-state index < -0.39 is 23.3 Å². The summed E-state index contributed by atoms with van der Waals surface area (Å²) in [5.41, 5.74) is 1.01. The highest BCUT2D eigenvalue weighted by Crippen LogP contribution is 2.44.